The van der Waals surface area contributed by atoms with Crippen LogP contribution < -0.4 is 4.74 Å². The molecule has 0 aromatic heterocycles. The van der Waals surface area contributed by atoms with Crippen LogP contribution in [0.4, 0.5) is 0 Å². The van der Waals surface area contributed by atoms with E-state index in [9.17, 15) is 25.5 Å². The average Bonchev–Trinajstić information content (AvgIpc) is 2.91. The third kappa shape index (κ3) is 6.60. The van der Waals surface area contributed by atoms with Crippen molar-refractivity contribution < 1.29 is 30.3 Å². The van der Waals surface area contributed by atoms with Crippen LogP contribution in [0.25, 0.3) is 21.9 Å². The maximum atomic E-state index is 11.2. The van der Waals surface area contributed by atoms with Gasteiger partial charge in [-0.25, -0.2) is 0 Å². The summed E-state index contributed by atoms with van der Waals surface area (Å²) in [5.41, 5.74) is 2.54. The fourth-order valence-corrected chi connectivity index (χ4v) is 5.50. The summed E-state index contributed by atoms with van der Waals surface area (Å²) in [7, 11) is 1.52. The Hall–Kier alpha value is -3.24. The molecule has 0 heterocycles. The molecule has 0 saturated heterocycles. The molecule has 4 atom stereocenters. The Bertz CT molecular complexity index is 1290. The summed E-state index contributed by atoms with van der Waals surface area (Å²) in [5, 5.41) is 53.6. The first kappa shape index (κ1) is 27.8. The molecule has 5 N–H and O–H groups in total. The summed E-state index contributed by atoms with van der Waals surface area (Å²) >= 11 is 0. The van der Waals surface area contributed by atoms with Crippen molar-refractivity contribution in [2.75, 3.05) is 13.7 Å². The molecule has 202 valence electrons. The summed E-state index contributed by atoms with van der Waals surface area (Å²) < 4.78 is 5.60. The molecule has 6 heteroatoms. The summed E-state index contributed by atoms with van der Waals surface area (Å²) in [6, 6.07) is 14.5. The van der Waals surface area contributed by atoms with Crippen LogP contribution in [0.5, 0.6) is 17.2 Å². The molecule has 6 nitrogen and oxygen atoms in total. The third-order valence-corrected chi connectivity index (χ3v) is 7.66. The van der Waals surface area contributed by atoms with E-state index in [2.05, 4.69) is 11.8 Å². The monoisotopic (exact) mass is 518 g/mol. The highest BCUT2D eigenvalue weighted by Gasteiger charge is 2.27. The Kier molecular flexibility index (Phi) is 9.52. The zero-order chi connectivity index (χ0) is 27.1. The molecule has 3 aromatic carbocycles. The van der Waals surface area contributed by atoms with Gasteiger partial charge in [-0.15, -0.1) is 5.92 Å². The minimum Gasteiger partial charge on any atom is -0.508 e. The normalized spacial score (nSPS) is 20.9. The lowest BCUT2D eigenvalue weighted by Crippen LogP contribution is -2.32. The van der Waals surface area contributed by atoms with Crippen molar-refractivity contribution in [2.24, 2.45) is 11.8 Å². The van der Waals surface area contributed by atoms with Crippen molar-refractivity contribution in [1.29, 1.82) is 0 Å². The van der Waals surface area contributed by atoms with Crippen LogP contribution in [-0.2, 0) is 6.42 Å². The number of hydrogen-bond acceptors (Lipinski definition) is 6. The number of fused-ring (bicyclic) bond motifs is 1. The molecule has 0 radical (unpaired) electrons. The summed E-state index contributed by atoms with van der Waals surface area (Å²) in [4.78, 5) is 0. The van der Waals surface area contributed by atoms with Crippen LogP contribution in [0.3, 0.4) is 0 Å². The van der Waals surface area contributed by atoms with E-state index in [1.165, 1.54) is 7.11 Å². The molecule has 0 saturated carbocycles. The molecular formula is C32H38O6. The van der Waals surface area contributed by atoms with Gasteiger partial charge >= 0.3 is 0 Å². The van der Waals surface area contributed by atoms with Gasteiger partial charge in [0.05, 0.1) is 19.3 Å². The maximum Gasteiger partial charge on any atom is 0.168 e. The van der Waals surface area contributed by atoms with E-state index in [-0.39, 0.29) is 29.9 Å². The molecule has 4 unspecified atom stereocenters. The van der Waals surface area contributed by atoms with Crippen molar-refractivity contribution >= 4 is 10.8 Å². The molecule has 1 aliphatic carbocycles. The Morgan fingerprint density at radius 3 is 2.55 bits per heavy atom. The first-order valence-corrected chi connectivity index (χ1v) is 13.5. The highest BCUT2D eigenvalue weighted by Crippen LogP contribution is 2.42. The van der Waals surface area contributed by atoms with Gasteiger partial charge in [-0.3, -0.25) is 0 Å². The summed E-state index contributed by atoms with van der Waals surface area (Å²) in [5.74, 6) is 6.84. The number of aromatic hydroxyl groups is 2. The van der Waals surface area contributed by atoms with Gasteiger partial charge in [0.1, 0.15) is 5.75 Å². The number of aliphatic hydroxyl groups is 3. The average molecular weight is 519 g/mol. The van der Waals surface area contributed by atoms with E-state index >= 15 is 0 Å². The van der Waals surface area contributed by atoms with E-state index in [0.29, 0.717) is 37.9 Å². The second-order valence-electron chi connectivity index (χ2n) is 10.3. The van der Waals surface area contributed by atoms with Gasteiger partial charge in [0.2, 0.25) is 0 Å². The predicted octanol–water partition coefficient (Wildman–Crippen LogP) is 5.16. The van der Waals surface area contributed by atoms with Gasteiger partial charge in [-0.05, 0) is 78.3 Å². The van der Waals surface area contributed by atoms with Crippen molar-refractivity contribution in [3.8, 4) is 40.2 Å². The van der Waals surface area contributed by atoms with Crippen molar-refractivity contribution in [3.63, 3.8) is 0 Å². The van der Waals surface area contributed by atoms with Gasteiger partial charge in [-0.1, -0.05) is 43.0 Å². The Morgan fingerprint density at radius 2 is 1.76 bits per heavy atom. The highest BCUT2D eigenvalue weighted by atomic mass is 16.5. The number of phenolic OH excluding ortho intramolecular Hbond substituents is 2. The minimum atomic E-state index is -0.748. The lowest BCUT2D eigenvalue weighted by molar-refractivity contribution is 0.00557. The summed E-state index contributed by atoms with van der Waals surface area (Å²) in [6.07, 6.45) is 4.00. The van der Waals surface area contributed by atoms with E-state index in [4.69, 9.17) is 4.74 Å². The first-order chi connectivity index (χ1) is 18.4. The number of methoxy groups -OCH3 is 1. The number of aliphatic hydroxyl groups excluding tert-OH is 3. The third-order valence-electron chi connectivity index (χ3n) is 7.66. The Morgan fingerprint density at radius 1 is 1.00 bits per heavy atom. The predicted molar refractivity (Wildman–Crippen MR) is 149 cm³/mol. The Labute approximate surface area is 224 Å². The molecule has 1 aliphatic rings. The standard InChI is InChI=1S/C32H38O6/c1-38-32-30(37)16-13-22(31(32)25-10-9-24-20-26(34)14-11-23(24)19-25)12-15-29(36)27-7-4-6-21(17-18-33)5-2-3-8-28(27)35/h9-11,13-14,16,19-21,27-29,33-37H,2-3,5,7-8,12,15,17-18H2,1H3. The minimum absolute atomic E-state index is 0.0352. The summed E-state index contributed by atoms with van der Waals surface area (Å²) in [6.45, 7) is 0.117. The number of aryl methyl sites for hydroxylation is 1. The van der Waals surface area contributed by atoms with Crippen LogP contribution in [0.15, 0.2) is 48.5 Å². The lowest BCUT2D eigenvalue weighted by atomic mass is 9.84. The van der Waals surface area contributed by atoms with Crippen molar-refractivity contribution in [2.45, 2.75) is 63.6 Å². The van der Waals surface area contributed by atoms with Gasteiger partial charge in [0.15, 0.2) is 11.5 Å². The molecular weight excluding hydrogens is 480 g/mol. The zero-order valence-corrected chi connectivity index (χ0v) is 21.9. The fourth-order valence-electron chi connectivity index (χ4n) is 5.50. The molecule has 3 aromatic rings. The zero-order valence-electron chi connectivity index (χ0n) is 21.9. The molecule has 0 fully saturated rings. The van der Waals surface area contributed by atoms with Gasteiger partial charge in [0.25, 0.3) is 0 Å². The second kappa shape index (κ2) is 13.0. The van der Waals surface area contributed by atoms with Crippen LogP contribution in [0.2, 0.25) is 0 Å². The smallest absolute Gasteiger partial charge is 0.168 e. The highest BCUT2D eigenvalue weighted by molar-refractivity contribution is 5.90. The van der Waals surface area contributed by atoms with Gasteiger partial charge in [-0.2, -0.15) is 0 Å². The van der Waals surface area contributed by atoms with E-state index in [1.807, 2.05) is 30.3 Å². The molecule has 4 rings (SSSR count). The Balaban J connectivity index is 1.59. The molecule has 0 spiro atoms. The number of phenols is 2. The molecule has 0 amide bonds. The van der Waals surface area contributed by atoms with Crippen LogP contribution >= 0.6 is 0 Å². The number of hydrogen-bond donors (Lipinski definition) is 5. The van der Waals surface area contributed by atoms with Gasteiger partial charge < -0.3 is 30.3 Å². The number of benzene rings is 3. The SMILES string of the molecule is COc1c(O)ccc(CCC(O)C2CC#CC(CCO)CCCCC2O)c1-c1ccc2cc(O)ccc2c1. The van der Waals surface area contributed by atoms with E-state index in [0.717, 1.165) is 46.7 Å². The van der Waals surface area contributed by atoms with Crippen LogP contribution in [-0.4, -0.2) is 51.5 Å². The quantitative estimate of drug-likeness (QED) is 0.264. The molecule has 0 bridgehead atoms. The van der Waals surface area contributed by atoms with E-state index in [1.54, 1.807) is 18.2 Å². The first-order valence-electron chi connectivity index (χ1n) is 13.5. The fraction of sp³-hybridized carbons (Fsp3) is 0.438. The molecule has 0 aliphatic heterocycles. The maximum absolute atomic E-state index is 11.2. The number of ether oxygens (including phenoxy) is 1. The van der Waals surface area contributed by atoms with Crippen LogP contribution in [0.1, 0.15) is 50.5 Å². The van der Waals surface area contributed by atoms with Crippen molar-refractivity contribution in [3.05, 3.63) is 54.1 Å². The largest absolute Gasteiger partial charge is 0.508 e. The van der Waals surface area contributed by atoms with Crippen molar-refractivity contribution in [1.82, 2.24) is 0 Å². The molecule has 38 heavy (non-hydrogen) atoms. The van der Waals surface area contributed by atoms with E-state index < -0.39 is 12.2 Å². The van der Waals surface area contributed by atoms with Gasteiger partial charge in [0, 0.05) is 30.4 Å². The topological polar surface area (TPSA) is 110 Å². The number of rotatable bonds is 8. The second-order valence-corrected chi connectivity index (χ2v) is 10.3. The van der Waals surface area contributed by atoms with Crippen LogP contribution in [0, 0.1) is 23.7 Å². The lowest BCUT2D eigenvalue weighted by Gasteiger charge is -2.27.